The number of aryl methyl sites for hydroxylation is 1. The molecule has 1 heterocycles. The molecule has 0 unspecified atom stereocenters. The average molecular weight is 370 g/mol. The van der Waals surface area contributed by atoms with Crippen molar-refractivity contribution in [1.29, 1.82) is 0 Å². The zero-order chi connectivity index (χ0) is 19.9. The van der Waals surface area contributed by atoms with E-state index < -0.39 is 5.97 Å². The van der Waals surface area contributed by atoms with Gasteiger partial charge >= 0.3 is 5.97 Å². The molecule has 2 aromatic carbocycles. The van der Waals surface area contributed by atoms with Gasteiger partial charge in [-0.3, -0.25) is 9.78 Å². The highest BCUT2D eigenvalue weighted by molar-refractivity contribution is 6.04. The monoisotopic (exact) mass is 370 g/mol. The van der Waals surface area contributed by atoms with E-state index in [0.717, 1.165) is 11.3 Å². The predicted octanol–water partition coefficient (Wildman–Crippen LogP) is 3.83. The van der Waals surface area contributed by atoms with Crippen LogP contribution in [0.15, 0.2) is 66.9 Å². The van der Waals surface area contributed by atoms with Crippen molar-refractivity contribution in [1.82, 2.24) is 4.98 Å². The maximum atomic E-state index is 12.3. The van der Waals surface area contributed by atoms with Gasteiger partial charge in [-0.25, -0.2) is 4.79 Å². The summed E-state index contributed by atoms with van der Waals surface area (Å²) in [6.07, 6.45) is 1.54. The third kappa shape index (κ3) is 4.83. The first-order chi connectivity index (χ1) is 13.5. The number of hydrogen-bond donors (Lipinski definition) is 1. The Hall–Kier alpha value is -3.91. The Bertz CT molecular complexity index is 1080. The van der Waals surface area contributed by atoms with Crippen LogP contribution in [0.5, 0.6) is 0 Å². The van der Waals surface area contributed by atoms with Crippen LogP contribution >= 0.6 is 0 Å². The summed E-state index contributed by atoms with van der Waals surface area (Å²) in [7, 11) is 1.34. The first-order valence-corrected chi connectivity index (χ1v) is 8.59. The van der Waals surface area contributed by atoms with Gasteiger partial charge in [0.25, 0.3) is 5.91 Å². The van der Waals surface area contributed by atoms with Crippen LogP contribution in [-0.4, -0.2) is 24.0 Å². The van der Waals surface area contributed by atoms with Crippen molar-refractivity contribution in [2.45, 2.75) is 6.92 Å². The summed E-state index contributed by atoms with van der Waals surface area (Å²) < 4.78 is 4.72. The normalized spacial score (nSPS) is 9.79. The number of aromatic nitrogens is 1. The Balaban J connectivity index is 1.76. The number of carbonyl (C=O) groups excluding carboxylic acids is 2. The molecule has 28 heavy (non-hydrogen) atoms. The van der Waals surface area contributed by atoms with Crippen molar-refractivity contribution in [2.24, 2.45) is 0 Å². The molecule has 0 aliphatic carbocycles. The fourth-order valence-corrected chi connectivity index (χ4v) is 2.47. The fraction of sp³-hybridized carbons (Fsp3) is 0.0870. The van der Waals surface area contributed by atoms with Crippen molar-refractivity contribution in [3.8, 4) is 11.8 Å². The minimum atomic E-state index is -0.404. The molecule has 138 valence electrons. The molecule has 0 bridgehead atoms. The van der Waals surface area contributed by atoms with Crippen LogP contribution in [0.4, 0.5) is 5.69 Å². The summed E-state index contributed by atoms with van der Waals surface area (Å²) in [6, 6.07) is 17.7. The molecule has 0 saturated carbocycles. The zero-order valence-electron chi connectivity index (χ0n) is 15.5. The van der Waals surface area contributed by atoms with Crippen LogP contribution in [0.1, 0.15) is 37.5 Å². The maximum Gasteiger partial charge on any atom is 0.337 e. The number of esters is 1. The van der Waals surface area contributed by atoms with Gasteiger partial charge < -0.3 is 10.1 Å². The van der Waals surface area contributed by atoms with E-state index in [9.17, 15) is 9.59 Å². The number of benzene rings is 2. The average Bonchev–Trinajstić information content (AvgIpc) is 2.72. The molecule has 1 amide bonds. The Labute approximate surface area is 163 Å². The van der Waals surface area contributed by atoms with Crippen molar-refractivity contribution >= 4 is 17.6 Å². The minimum absolute atomic E-state index is 0.233. The number of ether oxygens (including phenoxy) is 1. The second kappa shape index (κ2) is 8.65. The number of pyridine rings is 1. The van der Waals surface area contributed by atoms with Crippen molar-refractivity contribution in [3.63, 3.8) is 0 Å². The summed E-state index contributed by atoms with van der Waals surface area (Å²) in [5, 5.41) is 2.84. The lowest BCUT2D eigenvalue weighted by Gasteiger charge is -2.05. The van der Waals surface area contributed by atoms with E-state index in [1.807, 2.05) is 25.1 Å². The molecule has 0 radical (unpaired) electrons. The molecule has 0 aliphatic heterocycles. The quantitative estimate of drug-likeness (QED) is 0.562. The van der Waals surface area contributed by atoms with Gasteiger partial charge in [-0.05, 0) is 55.5 Å². The second-order valence-electron chi connectivity index (χ2n) is 6.05. The molecular weight excluding hydrogens is 352 g/mol. The molecule has 0 saturated heterocycles. The van der Waals surface area contributed by atoms with E-state index in [1.165, 1.54) is 7.11 Å². The Kier molecular flexibility index (Phi) is 5.83. The van der Waals surface area contributed by atoms with Gasteiger partial charge in [-0.1, -0.05) is 24.0 Å². The molecule has 3 aromatic rings. The Morgan fingerprint density at radius 3 is 2.32 bits per heavy atom. The smallest absolute Gasteiger partial charge is 0.337 e. The lowest BCUT2D eigenvalue weighted by molar-refractivity contribution is 0.0600. The lowest BCUT2D eigenvalue weighted by Crippen LogP contribution is -2.12. The summed E-state index contributed by atoms with van der Waals surface area (Å²) in [4.78, 5) is 28.1. The highest BCUT2D eigenvalue weighted by Crippen LogP contribution is 2.12. The van der Waals surface area contributed by atoms with Gasteiger partial charge in [0.1, 0.15) is 0 Å². The number of anilines is 1. The predicted molar refractivity (Wildman–Crippen MR) is 107 cm³/mol. The first-order valence-electron chi connectivity index (χ1n) is 8.59. The van der Waals surface area contributed by atoms with Crippen molar-refractivity contribution in [3.05, 3.63) is 94.8 Å². The van der Waals surface area contributed by atoms with Gasteiger partial charge in [-0.2, -0.15) is 0 Å². The van der Waals surface area contributed by atoms with Gasteiger partial charge in [-0.15, -0.1) is 0 Å². The van der Waals surface area contributed by atoms with Gasteiger partial charge in [0, 0.05) is 28.7 Å². The van der Waals surface area contributed by atoms with Crippen LogP contribution < -0.4 is 5.32 Å². The van der Waals surface area contributed by atoms with Crippen molar-refractivity contribution < 1.29 is 14.3 Å². The van der Waals surface area contributed by atoms with E-state index in [-0.39, 0.29) is 5.91 Å². The van der Waals surface area contributed by atoms with Gasteiger partial charge in [0.05, 0.1) is 18.2 Å². The van der Waals surface area contributed by atoms with E-state index in [1.54, 1.807) is 48.7 Å². The molecule has 0 atom stereocenters. The first kappa shape index (κ1) is 18.9. The van der Waals surface area contributed by atoms with Crippen LogP contribution in [-0.2, 0) is 4.74 Å². The Morgan fingerprint density at radius 1 is 0.929 bits per heavy atom. The number of rotatable bonds is 3. The van der Waals surface area contributed by atoms with E-state index >= 15 is 0 Å². The number of nitrogens with one attached hydrogen (secondary N) is 1. The molecule has 1 N–H and O–H groups in total. The molecule has 0 spiro atoms. The number of methoxy groups -OCH3 is 1. The molecular formula is C23H18N2O3. The number of hydrogen-bond acceptors (Lipinski definition) is 4. The third-order valence-electron chi connectivity index (χ3n) is 3.93. The van der Waals surface area contributed by atoms with Crippen LogP contribution in [0.25, 0.3) is 0 Å². The third-order valence-corrected chi connectivity index (χ3v) is 3.93. The molecule has 3 rings (SSSR count). The maximum absolute atomic E-state index is 12.3. The van der Waals surface area contributed by atoms with Gasteiger partial charge in [0.2, 0.25) is 0 Å². The lowest BCUT2D eigenvalue weighted by atomic mass is 10.1. The van der Waals surface area contributed by atoms with Crippen LogP contribution in [0.2, 0.25) is 0 Å². The number of amides is 1. The molecule has 0 aliphatic rings. The van der Waals surface area contributed by atoms with E-state index in [0.29, 0.717) is 22.4 Å². The highest BCUT2D eigenvalue weighted by atomic mass is 16.5. The zero-order valence-corrected chi connectivity index (χ0v) is 15.5. The highest BCUT2D eigenvalue weighted by Gasteiger charge is 2.07. The summed E-state index contributed by atoms with van der Waals surface area (Å²) in [5.41, 5.74) is 3.86. The fourth-order valence-electron chi connectivity index (χ4n) is 2.47. The molecule has 5 nitrogen and oxygen atoms in total. The SMILES string of the molecule is COC(=O)c1cccc(C#Cc2cccc(NC(=O)c3ccc(C)nc3)c2)c1. The van der Waals surface area contributed by atoms with E-state index in [4.69, 9.17) is 4.74 Å². The Morgan fingerprint density at radius 2 is 1.64 bits per heavy atom. The molecule has 5 heteroatoms. The van der Waals surface area contributed by atoms with Crippen molar-refractivity contribution in [2.75, 3.05) is 12.4 Å². The minimum Gasteiger partial charge on any atom is -0.465 e. The number of nitrogens with zero attached hydrogens (tertiary/aromatic N) is 1. The number of carbonyl (C=O) groups is 2. The summed E-state index contributed by atoms with van der Waals surface area (Å²) >= 11 is 0. The summed E-state index contributed by atoms with van der Waals surface area (Å²) in [6.45, 7) is 1.87. The second-order valence-corrected chi connectivity index (χ2v) is 6.05. The van der Waals surface area contributed by atoms with Crippen LogP contribution in [0.3, 0.4) is 0 Å². The van der Waals surface area contributed by atoms with Crippen LogP contribution in [0, 0.1) is 18.8 Å². The standard InChI is InChI=1S/C23H18N2O3/c1-16-9-12-20(15-24-16)22(26)25-21-8-4-6-18(14-21)11-10-17-5-3-7-19(13-17)23(27)28-2/h3-9,12-15H,1-2H3,(H,25,26). The topological polar surface area (TPSA) is 68.3 Å². The molecule has 1 aromatic heterocycles. The summed E-state index contributed by atoms with van der Waals surface area (Å²) in [5.74, 6) is 5.42. The molecule has 0 fully saturated rings. The largest absolute Gasteiger partial charge is 0.465 e. The van der Waals surface area contributed by atoms with E-state index in [2.05, 4.69) is 22.1 Å². The van der Waals surface area contributed by atoms with Gasteiger partial charge in [0.15, 0.2) is 0 Å².